The van der Waals surface area contributed by atoms with Gasteiger partial charge in [-0.2, -0.15) is 0 Å². The number of hydrogen-bond acceptors (Lipinski definition) is 5. The summed E-state index contributed by atoms with van der Waals surface area (Å²) in [5.74, 6) is 1.20. The number of hydrogen-bond donors (Lipinski definition) is 1. The monoisotopic (exact) mass is 400 g/mol. The fourth-order valence-corrected chi connectivity index (χ4v) is 4.33. The number of thiophene rings is 1. The first-order chi connectivity index (χ1) is 13.1. The van der Waals surface area contributed by atoms with Crippen molar-refractivity contribution in [1.29, 1.82) is 0 Å². The van der Waals surface area contributed by atoms with Crippen molar-refractivity contribution in [2.75, 3.05) is 11.1 Å². The van der Waals surface area contributed by atoms with E-state index in [1.807, 2.05) is 17.7 Å². The molecule has 3 rings (SSSR count). The fourth-order valence-electron chi connectivity index (χ4n) is 2.90. The fraction of sp³-hybridized carbons (Fsp3) is 0.350. The van der Waals surface area contributed by atoms with Gasteiger partial charge in [0.15, 0.2) is 5.16 Å². The van der Waals surface area contributed by atoms with Gasteiger partial charge >= 0.3 is 0 Å². The Morgan fingerprint density at radius 2 is 1.89 bits per heavy atom. The van der Waals surface area contributed by atoms with Gasteiger partial charge in [0.1, 0.15) is 5.82 Å². The molecule has 2 aromatic heterocycles. The molecule has 2 heterocycles. The average molecular weight is 401 g/mol. The van der Waals surface area contributed by atoms with E-state index in [0.29, 0.717) is 5.75 Å². The van der Waals surface area contributed by atoms with Gasteiger partial charge in [-0.05, 0) is 35.4 Å². The Balaban J connectivity index is 1.63. The lowest BCUT2D eigenvalue weighted by atomic mass is 10.0. The van der Waals surface area contributed by atoms with Crippen LogP contribution in [-0.2, 0) is 31.1 Å². The number of carbonyl (C=O) groups is 1. The van der Waals surface area contributed by atoms with Crippen molar-refractivity contribution in [1.82, 2.24) is 14.8 Å². The van der Waals surface area contributed by atoms with Crippen LogP contribution in [0.3, 0.4) is 0 Å². The second-order valence-electron chi connectivity index (χ2n) is 6.21. The average Bonchev–Trinajstić information content (AvgIpc) is 3.31. The summed E-state index contributed by atoms with van der Waals surface area (Å²) in [5.41, 5.74) is 3.30. The number of amides is 1. The van der Waals surface area contributed by atoms with E-state index in [4.69, 9.17) is 0 Å². The number of para-hydroxylation sites is 1. The summed E-state index contributed by atoms with van der Waals surface area (Å²) in [6.45, 7) is 4.21. The van der Waals surface area contributed by atoms with Crippen LogP contribution in [0.15, 0.2) is 40.9 Å². The molecule has 142 valence electrons. The molecule has 7 heteroatoms. The molecule has 5 nitrogen and oxygen atoms in total. The molecule has 1 aromatic carbocycles. The molecule has 1 N–H and O–H groups in total. The van der Waals surface area contributed by atoms with Crippen LogP contribution in [0.1, 0.15) is 35.7 Å². The summed E-state index contributed by atoms with van der Waals surface area (Å²) >= 11 is 3.13. The summed E-state index contributed by atoms with van der Waals surface area (Å²) in [6, 6.07) is 10.3. The van der Waals surface area contributed by atoms with Gasteiger partial charge in [0.2, 0.25) is 5.91 Å². The number of carbonyl (C=O) groups excluding carboxylic acids is 1. The molecule has 0 radical (unpaired) electrons. The van der Waals surface area contributed by atoms with E-state index in [-0.39, 0.29) is 5.91 Å². The summed E-state index contributed by atoms with van der Waals surface area (Å²) in [6.07, 6.45) is 2.55. The highest BCUT2D eigenvalue weighted by molar-refractivity contribution is 7.99. The first-order valence-electron chi connectivity index (χ1n) is 9.06. The lowest BCUT2D eigenvalue weighted by molar-refractivity contribution is -0.113. The Labute approximate surface area is 168 Å². The van der Waals surface area contributed by atoms with Gasteiger partial charge in [0.25, 0.3) is 0 Å². The number of aryl methyl sites for hydroxylation is 2. The van der Waals surface area contributed by atoms with Gasteiger partial charge in [0, 0.05) is 24.0 Å². The van der Waals surface area contributed by atoms with Crippen molar-refractivity contribution in [2.24, 2.45) is 7.05 Å². The van der Waals surface area contributed by atoms with Crippen LogP contribution in [-0.4, -0.2) is 26.4 Å². The zero-order chi connectivity index (χ0) is 19.2. The summed E-state index contributed by atoms with van der Waals surface area (Å²) < 4.78 is 1.97. The highest BCUT2D eigenvalue weighted by Crippen LogP contribution is 2.24. The van der Waals surface area contributed by atoms with Crippen molar-refractivity contribution in [3.63, 3.8) is 0 Å². The maximum absolute atomic E-state index is 12.5. The highest BCUT2D eigenvalue weighted by Gasteiger charge is 2.14. The maximum Gasteiger partial charge on any atom is 0.234 e. The molecule has 1 amide bonds. The summed E-state index contributed by atoms with van der Waals surface area (Å²) in [4.78, 5) is 13.8. The Hall–Kier alpha value is -2.12. The van der Waals surface area contributed by atoms with Gasteiger partial charge in [-0.1, -0.05) is 49.9 Å². The molecule has 0 aliphatic heterocycles. The van der Waals surface area contributed by atoms with Crippen LogP contribution in [0, 0.1) is 0 Å². The first kappa shape index (κ1) is 19.6. The third-order valence-electron chi connectivity index (χ3n) is 4.43. The quantitative estimate of drug-likeness (QED) is 0.572. The molecular formula is C20H24N4OS2. The number of benzene rings is 1. The van der Waals surface area contributed by atoms with E-state index < -0.39 is 0 Å². The lowest BCUT2D eigenvalue weighted by Gasteiger charge is -2.14. The zero-order valence-electron chi connectivity index (χ0n) is 15.9. The second-order valence-corrected chi connectivity index (χ2v) is 8.18. The van der Waals surface area contributed by atoms with E-state index in [1.165, 1.54) is 27.8 Å². The Morgan fingerprint density at radius 3 is 2.52 bits per heavy atom. The summed E-state index contributed by atoms with van der Waals surface area (Å²) in [5, 5.41) is 14.4. The van der Waals surface area contributed by atoms with E-state index in [1.54, 1.807) is 11.3 Å². The number of nitrogens with zero attached hydrogens (tertiary/aromatic N) is 3. The van der Waals surface area contributed by atoms with Crippen molar-refractivity contribution >= 4 is 34.7 Å². The SMILES string of the molecule is CCc1cccc(CC)c1NC(=O)CSc1nnc(Cc2cccs2)n1C. The van der Waals surface area contributed by atoms with E-state index >= 15 is 0 Å². The van der Waals surface area contributed by atoms with Crippen LogP contribution < -0.4 is 5.32 Å². The predicted octanol–water partition coefficient (Wildman–Crippen LogP) is 4.32. The molecule has 27 heavy (non-hydrogen) atoms. The Kier molecular flexibility index (Phi) is 6.68. The van der Waals surface area contributed by atoms with Crippen LogP contribution in [0.2, 0.25) is 0 Å². The summed E-state index contributed by atoms with van der Waals surface area (Å²) in [7, 11) is 1.95. The predicted molar refractivity (Wildman–Crippen MR) is 113 cm³/mol. The lowest BCUT2D eigenvalue weighted by Crippen LogP contribution is -2.17. The minimum Gasteiger partial charge on any atom is -0.325 e. The smallest absolute Gasteiger partial charge is 0.234 e. The topological polar surface area (TPSA) is 59.8 Å². The van der Waals surface area contributed by atoms with E-state index in [9.17, 15) is 4.79 Å². The van der Waals surface area contributed by atoms with E-state index in [0.717, 1.165) is 35.9 Å². The molecule has 0 aliphatic carbocycles. The van der Waals surface area contributed by atoms with Crippen molar-refractivity contribution in [3.05, 3.63) is 57.5 Å². The van der Waals surface area contributed by atoms with Gasteiger partial charge in [-0.15, -0.1) is 21.5 Å². The van der Waals surface area contributed by atoms with Gasteiger partial charge in [-0.3, -0.25) is 4.79 Å². The van der Waals surface area contributed by atoms with Crippen LogP contribution in [0.5, 0.6) is 0 Å². The number of nitrogens with one attached hydrogen (secondary N) is 1. The number of rotatable bonds is 8. The van der Waals surface area contributed by atoms with Crippen molar-refractivity contribution in [3.8, 4) is 0 Å². The molecule has 0 saturated heterocycles. The third-order valence-corrected chi connectivity index (χ3v) is 6.33. The van der Waals surface area contributed by atoms with Gasteiger partial charge < -0.3 is 9.88 Å². The molecule has 0 spiro atoms. The van der Waals surface area contributed by atoms with Crippen LogP contribution in [0.4, 0.5) is 5.69 Å². The van der Waals surface area contributed by atoms with Crippen molar-refractivity contribution < 1.29 is 4.79 Å². The second kappa shape index (κ2) is 9.19. The maximum atomic E-state index is 12.5. The number of aromatic nitrogens is 3. The normalized spacial score (nSPS) is 10.9. The number of anilines is 1. The van der Waals surface area contributed by atoms with Crippen LogP contribution in [0.25, 0.3) is 0 Å². The molecular weight excluding hydrogens is 376 g/mol. The molecule has 0 fully saturated rings. The molecule has 0 bridgehead atoms. The standard InChI is InChI=1S/C20H24N4OS2/c1-4-14-8-6-9-15(5-2)19(14)21-18(25)13-27-20-23-22-17(24(20)3)12-16-10-7-11-26-16/h6-11H,4-5,12-13H2,1-3H3,(H,21,25). The minimum atomic E-state index is -0.0154. The third kappa shape index (κ3) is 4.78. The minimum absolute atomic E-state index is 0.0154. The van der Waals surface area contributed by atoms with E-state index in [2.05, 4.69) is 59.0 Å². The van der Waals surface area contributed by atoms with Crippen LogP contribution >= 0.6 is 23.1 Å². The molecule has 3 aromatic rings. The molecule has 0 unspecified atom stereocenters. The van der Waals surface area contributed by atoms with Gasteiger partial charge in [0.05, 0.1) is 5.75 Å². The first-order valence-corrected chi connectivity index (χ1v) is 10.9. The van der Waals surface area contributed by atoms with Gasteiger partial charge in [-0.25, -0.2) is 0 Å². The van der Waals surface area contributed by atoms with Crippen molar-refractivity contribution in [2.45, 2.75) is 38.3 Å². The Bertz CT molecular complexity index is 881. The molecule has 0 aliphatic rings. The highest BCUT2D eigenvalue weighted by atomic mass is 32.2. The zero-order valence-corrected chi connectivity index (χ0v) is 17.5. The molecule has 0 atom stereocenters. The largest absolute Gasteiger partial charge is 0.325 e. The number of thioether (sulfide) groups is 1. The Morgan fingerprint density at radius 1 is 1.15 bits per heavy atom. The molecule has 0 saturated carbocycles.